The number of benzene rings is 2. The molecule has 0 amide bonds. The molecule has 0 aliphatic carbocycles. The number of nitrogens with zero attached hydrogens (tertiary/aromatic N) is 1. The van der Waals surface area contributed by atoms with E-state index in [0.29, 0.717) is 5.69 Å². The Morgan fingerprint density at radius 3 is 2.38 bits per heavy atom. The van der Waals surface area contributed by atoms with E-state index in [2.05, 4.69) is 15.9 Å². The molecule has 0 bridgehead atoms. The van der Waals surface area contributed by atoms with Crippen molar-refractivity contribution in [2.45, 2.75) is 4.90 Å². The first-order valence-electron chi connectivity index (χ1n) is 5.76. The molecule has 2 aromatic rings. The van der Waals surface area contributed by atoms with Crippen LogP contribution in [0.2, 0.25) is 0 Å². The molecule has 0 unspecified atom stereocenters. The van der Waals surface area contributed by atoms with Gasteiger partial charge in [-0.05, 0) is 52.3 Å². The third-order valence-corrected chi connectivity index (χ3v) is 5.65. The van der Waals surface area contributed by atoms with Crippen LogP contribution in [-0.4, -0.2) is 20.6 Å². The van der Waals surface area contributed by atoms with Gasteiger partial charge in [-0.3, -0.25) is 4.31 Å². The predicted octanol–water partition coefficient (Wildman–Crippen LogP) is 2.70. The second-order valence-corrected chi connectivity index (χ2v) is 7.09. The van der Waals surface area contributed by atoms with E-state index >= 15 is 0 Å². The number of phenols is 1. The minimum Gasteiger partial charge on any atom is -0.508 e. The quantitative estimate of drug-likeness (QED) is 0.808. The highest BCUT2D eigenvalue weighted by Crippen LogP contribution is 2.31. The highest BCUT2D eigenvalue weighted by molar-refractivity contribution is 9.10. The lowest BCUT2D eigenvalue weighted by molar-refractivity contribution is 0.475. The molecule has 3 N–H and O–H groups in total. The number of phenolic OH excluding ortho intramolecular Hbond substituents is 1. The molecule has 0 radical (unpaired) electrons. The van der Waals surface area contributed by atoms with E-state index in [1.807, 2.05) is 0 Å². The van der Waals surface area contributed by atoms with E-state index < -0.39 is 15.8 Å². The first-order chi connectivity index (χ1) is 9.73. The van der Waals surface area contributed by atoms with Crippen molar-refractivity contribution in [2.75, 3.05) is 17.1 Å². The normalized spacial score (nSPS) is 11.4. The Bertz CT molecular complexity index is 779. The van der Waals surface area contributed by atoms with Crippen molar-refractivity contribution < 1.29 is 17.9 Å². The van der Waals surface area contributed by atoms with Crippen LogP contribution in [0.3, 0.4) is 0 Å². The number of sulfonamides is 1. The zero-order chi connectivity index (χ0) is 15.8. The van der Waals surface area contributed by atoms with Crippen molar-refractivity contribution >= 4 is 37.3 Å². The second kappa shape index (κ2) is 5.53. The molecule has 2 rings (SSSR count). The first-order valence-corrected chi connectivity index (χ1v) is 7.99. The molecule has 112 valence electrons. The highest BCUT2D eigenvalue weighted by Gasteiger charge is 2.25. The van der Waals surface area contributed by atoms with Gasteiger partial charge in [0.2, 0.25) is 0 Å². The molecule has 0 heterocycles. The second-order valence-electron chi connectivity index (χ2n) is 4.29. The van der Waals surface area contributed by atoms with Gasteiger partial charge in [-0.25, -0.2) is 12.8 Å². The van der Waals surface area contributed by atoms with Crippen molar-refractivity contribution in [1.82, 2.24) is 0 Å². The number of nitrogens with two attached hydrogens (primary N) is 1. The SMILES string of the molecule is CN(c1ccc(O)cc1)S(=O)(=O)c1cc(N)c(F)cc1Br. The summed E-state index contributed by atoms with van der Waals surface area (Å²) in [6, 6.07) is 7.71. The number of halogens is 2. The molecule has 0 saturated carbocycles. The summed E-state index contributed by atoms with van der Waals surface area (Å²) >= 11 is 3.03. The summed E-state index contributed by atoms with van der Waals surface area (Å²) < 4.78 is 39.5. The maximum Gasteiger partial charge on any atom is 0.265 e. The lowest BCUT2D eigenvalue weighted by Crippen LogP contribution is -2.27. The highest BCUT2D eigenvalue weighted by atomic mass is 79.9. The Kier molecular flexibility index (Phi) is 4.11. The van der Waals surface area contributed by atoms with Crippen LogP contribution in [0.1, 0.15) is 0 Å². The molecule has 0 aromatic heterocycles. The van der Waals surface area contributed by atoms with Crippen LogP contribution in [0, 0.1) is 5.82 Å². The molecule has 0 fully saturated rings. The zero-order valence-electron chi connectivity index (χ0n) is 10.9. The lowest BCUT2D eigenvalue weighted by Gasteiger charge is -2.20. The van der Waals surface area contributed by atoms with Gasteiger partial charge < -0.3 is 10.8 Å². The van der Waals surface area contributed by atoms with Crippen LogP contribution in [0.5, 0.6) is 5.75 Å². The number of hydrogen-bond donors (Lipinski definition) is 2. The van der Waals surface area contributed by atoms with Crippen molar-refractivity contribution in [3.05, 3.63) is 46.7 Å². The van der Waals surface area contributed by atoms with Crippen LogP contribution >= 0.6 is 15.9 Å². The van der Waals surface area contributed by atoms with Crippen LogP contribution in [0.15, 0.2) is 45.8 Å². The van der Waals surface area contributed by atoms with Gasteiger partial charge in [-0.2, -0.15) is 0 Å². The molecule has 0 aliphatic rings. The Balaban J connectivity index is 2.51. The summed E-state index contributed by atoms with van der Waals surface area (Å²) in [5, 5.41) is 9.24. The molecule has 5 nitrogen and oxygen atoms in total. The van der Waals surface area contributed by atoms with Crippen molar-refractivity contribution in [3.8, 4) is 5.75 Å². The van der Waals surface area contributed by atoms with Gasteiger partial charge in [-0.15, -0.1) is 0 Å². The fourth-order valence-electron chi connectivity index (χ4n) is 1.69. The maximum atomic E-state index is 13.3. The smallest absolute Gasteiger partial charge is 0.265 e. The number of anilines is 2. The molecule has 0 spiro atoms. The van der Waals surface area contributed by atoms with Gasteiger partial charge in [-0.1, -0.05) is 0 Å². The van der Waals surface area contributed by atoms with E-state index in [4.69, 9.17) is 5.73 Å². The van der Waals surface area contributed by atoms with E-state index in [0.717, 1.165) is 16.4 Å². The van der Waals surface area contributed by atoms with Crippen molar-refractivity contribution in [2.24, 2.45) is 0 Å². The van der Waals surface area contributed by atoms with Gasteiger partial charge in [0.15, 0.2) is 0 Å². The van der Waals surface area contributed by atoms with Gasteiger partial charge in [0.25, 0.3) is 10.0 Å². The van der Waals surface area contributed by atoms with E-state index in [1.54, 1.807) is 0 Å². The number of hydrogen-bond acceptors (Lipinski definition) is 4. The number of nitrogen functional groups attached to an aromatic ring is 1. The third-order valence-electron chi connectivity index (χ3n) is 2.90. The Labute approximate surface area is 130 Å². The van der Waals surface area contributed by atoms with Crippen molar-refractivity contribution in [3.63, 3.8) is 0 Å². The summed E-state index contributed by atoms with van der Waals surface area (Å²) in [4.78, 5) is -0.142. The molecular formula is C13H12BrFN2O3S. The van der Waals surface area contributed by atoms with Crippen LogP contribution < -0.4 is 10.0 Å². The van der Waals surface area contributed by atoms with Crippen LogP contribution in [0.4, 0.5) is 15.8 Å². The van der Waals surface area contributed by atoms with Gasteiger partial charge >= 0.3 is 0 Å². The number of rotatable bonds is 3. The van der Waals surface area contributed by atoms with Gasteiger partial charge in [0.05, 0.1) is 11.4 Å². The maximum absolute atomic E-state index is 13.3. The molecule has 0 aliphatic heterocycles. The summed E-state index contributed by atoms with van der Waals surface area (Å²) in [6.07, 6.45) is 0. The summed E-state index contributed by atoms with van der Waals surface area (Å²) in [7, 11) is -2.56. The molecule has 8 heteroatoms. The monoisotopic (exact) mass is 374 g/mol. The minimum absolute atomic E-state index is 0.0248. The molecule has 2 aromatic carbocycles. The minimum atomic E-state index is -3.92. The summed E-state index contributed by atoms with van der Waals surface area (Å²) in [5.41, 5.74) is 5.53. The topological polar surface area (TPSA) is 83.6 Å². The van der Waals surface area contributed by atoms with Gasteiger partial charge in [0.1, 0.15) is 16.5 Å². The third kappa shape index (κ3) is 2.96. The summed E-state index contributed by atoms with van der Waals surface area (Å²) in [5.74, 6) is -0.676. The molecule has 0 saturated heterocycles. The lowest BCUT2D eigenvalue weighted by atomic mass is 10.3. The standard InChI is InChI=1S/C13H12BrFN2O3S/c1-17(8-2-4-9(18)5-3-8)21(19,20)13-7-12(16)11(15)6-10(13)14/h2-7,18H,16H2,1H3. The van der Waals surface area contributed by atoms with Crippen LogP contribution in [0.25, 0.3) is 0 Å². The predicted molar refractivity (Wildman–Crippen MR) is 82.2 cm³/mol. The average Bonchev–Trinajstić information content (AvgIpc) is 2.42. The number of aromatic hydroxyl groups is 1. The Hall–Kier alpha value is -1.80. The Morgan fingerprint density at radius 2 is 1.81 bits per heavy atom. The molecule has 21 heavy (non-hydrogen) atoms. The molecule has 0 atom stereocenters. The summed E-state index contributed by atoms with van der Waals surface area (Å²) in [6.45, 7) is 0. The van der Waals surface area contributed by atoms with E-state index in [9.17, 15) is 17.9 Å². The van der Waals surface area contributed by atoms with Gasteiger partial charge in [0, 0.05) is 11.5 Å². The molecular weight excluding hydrogens is 363 g/mol. The van der Waals surface area contributed by atoms with Crippen molar-refractivity contribution in [1.29, 1.82) is 0 Å². The Morgan fingerprint density at radius 1 is 1.24 bits per heavy atom. The zero-order valence-corrected chi connectivity index (χ0v) is 13.3. The first kappa shape index (κ1) is 15.6. The van der Waals surface area contributed by atoms with E-state index in [1.165, 1.54) is 31.3 Å². The largest absolute Gasteiger partial charge is 0.508 e. The van der Waals surface area contributed by atoms with Crippen LogP contribution in [-0.2, 0) is 10.0 Å². The fraction of sp³-hybridized carbons (Fsp3) is 0.0769. The fourth-order valence-corrected chi connectivity index (χ4v) is 3.90. The van der Waals surface area contributed by atoms with E-state index in [-0.39, 0.29) is 20.8 Å². The average molecular weight is 375 g/mol.